The molecule has 0 spiro atoms. The number of nitrogens with two attached hydrogens (primary N) is 1. The number of rotatable bonds is 6. The Morgan fingerprint density at radius 1 is 1.35 bits per heavy atom. The molecule has 0 aromatic heterocycles. The second-order valence-electron chi connectivity index (χ2n) is 5.71. The van der Waals surface area contributed by atoms with E-state index in [9.17, 15) is 18.5 Å². The van der Waals surface area contributed by atoms with Gasteiger partial charge in [-0.2, -0.15) is 0 Å². The minimum atomic E-state index is -4.04. The number of ether oxygens (including phenoxy) is 1. The maximum Gasteiger partial charge on any atom is 0.293 e. The first kappa shape index (κ1) is 17.6. The smallest absolute Gasteiger partial charge is 0.293 e. The molecule has 1 aromatic carbocycles. The highest BCUT2D eigenvalue weighted by Crippen LogP contribution is 2.32. The molecule has 1 aliphatic carbocycles. The standard InChI is InChI=1S/C14H21N3O5S/c1-22-11-7-5-10(6-8-11)9-16-14-12(17(18)19)3-2-4-13(14)23(15,20)21/h2-4,10-11,16H,5-9H2,1H3,(H2,15,20,21)/t10-,11-. The first-order valence-corrected chi connectivity index (χ1v) is 8.94. The number of anilines is 1. The zero-order chi connectivity index (χ0) is 17.0. The van der Waals surface area contributed by atoms with Gasteiger partial charge in [-0.25, -0.2) is 13.6 Å². The average Bonchev–Trinajstić information content (AvgIpc) is 2.52. The predicted octanol–water partition coefficient (Wildman–Crippen LogP) is 1.86. The Hall–Kier alpha value is -1.71. The van der Waals surface area contributed by atoms with Crippen molar-refractivity contribution in [3.8, 4) is 0 Å². The first-order valence-electron chi connectivity index (χ1n) is 7.39. The van der Waals surface area contributed by atoms with E-state index in [0.29, 0.717) is 12.5 Å². The summed E-state index contributed by atoms with van der Waals surface area (Å²) in [5, 5.41) is 19.2. The largest absolute Gasteiger partial charge is 0.381 e. The molecular weight excluding hydrogens is 322 g/mol. The van der Waals surface area contributed by atoms with Gasteiger partial charge in [0.05, 0.1) is 11.0 Å². The fourth-order valence-electron chi connectivity index (χ4n) is 2.90. The van der Waals surface area contributed by atoms with Crippen molar-refractivity contribution in [1.29, 1.82) is 0 Å². The van der Waals surface area contributed by atoms with Crippen molar-refractivity contribution in [2.75, 3.05) is 19.0 Å². The molecule has 1 fully saturated rings. The van der Waals surface area contributed by atoms with Gasteiger partial charge in [-0.15, -0.1) is 0 Å². The van der Waals surface area contributed by atoms with Crippen molar-refractivity contribution in [3.05, 3.63) is 28.3 Å². The van der Waals surface area contributed by atoms with Crippen LogP contribution in [-0.4, -0.2) is 33.1 Å². The normalized spacial score (nSPS) is 21.8. The van der Waals surface area contributed by atoms with Crippen LogP contribution in [-0.2, 0) is 14.8 Å². The van der Waals surface area contributed by atoms with Crippen molar-refractivity contribution >= 4 is 21.4 Å². The van der Waals surface area contributed by atoms with Crippen LogP contribution in [0.25, 0.3) is 0 Å². The van der Waals surface area contributed by atoms with E-state index in [2.05, 4.69) is 5.32 Å². The molecule has 8 nitrogen and oxygen atoms in total. The van der Waals surface area contributed by atoms with Crippen LogP contribution < -0.4 is 10.5 Å². The van der Waals surface area contributed by atoms with Crippen LogP contribution in [0.5, 0.6) is 0 Å². The van der Waals surface area contributed by atoms with E-state index in [1.165, 1.54) is 18.2 Å². The SMILES string of the molecule is CO[C@H]1CC[C@H](CNc2c([N+](=O)[O-])cccc2S(N)(=O)=O)CC1. The summed E-state index contributed by atoms with van der Waals surface area (Å²) in [5.41, 5.74) is -0.323. The maximum atomic E-state index is 11.7. The van der Waals surface area contributed by atoms with Gasteiger partial charge in [0.1, 0.15) is 10.6 Å². The van der Waals surface area contributed by atoms with Crippen LogP contribution in [0, 0.1) is 16.0 Å². The zero-order valence-electron chi connectivity index (χ0n) is 12.9. The van der Waals surface area contributed by atoms with Crippen LogP contribution >= 0.6 is 0 Å². The number of nitrogens with one attached hydrogen (secondary N) is 1. The van der Waals surface area contributed by atoms with Crippen molar-refractivity contribution in [2.45, 2.75) is 36.7 Å². The summed E-state index contributed by atoms with van der Waals surface area (Å²) in [6, 6.07) is 3.85. The van der Waals surface area contributed by atoms with Gasteiger partial charge in [-0.3, -0.25) is 10.1 Å². The molecule has 9 heteroatoms. The Bertz CT molecular complexity index is 669. The van der Waals surface area contributed by atoms with Crippen molar-refractivity contribution in [3.63, 3.8) is 0 Å². The molecule has 0 aliphatic heterocycles. The number of hydrogen-bond acceptors (Lipinski definition) is 6. The number of nitro groups is 1. The van der Waals surface area contributed by atoms with E-state index in [1.54, 1.807) is 7.11 Å². The monoisotopic (exact) mass is 343 g/mol. The summed E-state index contributed by atoms with van der Waals surface area (Å²) < 4.78 is 28.6. The zero-order valence-corrected chi connectivity index (χ0v) is 13.7. The Labute approximate surface area is 135 Å². The van der Waals surface area contributed by atoms with Crippen LogP contribution in [0.1, 0.15) is 25.7 Å². The van der Waals surface area contributed by atoms with E-state index in [0.717, 1.165) is 25.7 Å². The Morgan fingerprint density at radius 3 is 2.52 bits per heavy atom. The highest BCUT2D eigenvalue weighted by molar-refractivity contribution is 7.89. The van der Waals surface area contributed by atoms with Crippen molar-refractivity contribution in [1.82, 2.24) is 0 Å². The molecule has 0 radical (unpaired) electrons. The second-order valence-corrected chi connectivity index (χ2v) is 7.24. The van der Waals surface area contributed by atoms with E-state index in [-0.39, 0.29) is 22.4 Å². The number of benzene rings is 1. The minimum Gasteiger partial charge on any atom is -0.381 e. The minimum absolute atomic E-state index is 0.0335. The number of para-hydroxylation sites is 1. The van der Waals surface area contributed by atoms with Crippen LogP contribution in [0.2, 0.25) is 0 Å². The predicted molar refractivity (Wildman–Crippen MR) is 85.7 cm³/mol. The molecule has 1 aliphatic rings. The highest BCUT2D eigenvalue weighted by atomic mass is 32.2. The lowest BCUT2D eigenvalue weighted by Gasteiger charge is -2.28. The molecule has 0 bridgehead atoms. The molecule has 0 heterocycles. The van der Waals surface area contributed by atoms with Gasteiger partial charge < -0.3 is 10.1 Å². The van der Waals surface area contributed by atoms with E-state index < -0.39 is 14.9 Å². The summed E-state index contributed by atoms with van der Waals surface area (Å²) in [6.07, 6.45) is 3.98. The van der Waals surface area contributed by atoms with Gasteiger partial charge >= 0.3 is 0 Å². The fraction of sp³-hybridized carbons (Fsp3) is 0.571. The number of methoxy groups -OCH3 is 1. The van der Waals surface area contributed by atoms with Gasteiger partial charge in [0.2, 0.25) is 10.0 Å². The second kappa shape index (κ2) is 7.24. The van der Waals surface area contributed by atoms with E-state index in [1.807, 2.05) is 0 Å². The quantitative estimate of drug-likeness (QED) is 0.600. The van der Waals surface area contributed by atoms with Crippen LogP contribution in [0.3, 0.4) is 0 Å². The lowest BCUT2D eigenvalue weighted by molar-refractivity contribution is -0.384. The molecule has 128 valence electrons. The van der Waals surface area contributed by atoms with Crippen molar-refractivity contribution < 1.29 is 18.1 Å². The number of primary sulfonamides is 1. The fourth-order valence-corrected chi connectivity index (χ4v) is 3.63. The lowest BCUT2D eigenvalue weighted by Crippen LogP contribution is -2.25. The third kappa shape index (κ3) is 4.40. The van der Waals surface area contributed by atoms with Gasteiger partial charge in [-0.05, 0) is 37.7 Å². The molecule has 3 N–H and O–H groups in total. The van der Waals surface area contributed by atoms with Gasteiger partial charge in [0, 0.05) is 19.7 Å². The Morgan fingerprint density at radius 2 is 2.00 bits per heavy atom. The van der Waals surface area contributed by atoms with Crippen LogP contribution in [0.4, 0.5) is 11.4 Å². The maximum absolute atomic E-state index is 11.7. The first-order chi connectivity index (χ1) is 10.8. The number of nitrogens with zero attached hydrogens (tertiary/aromatic N) is 1. The molecule has 1 aromatic rings. The summed E-state index contributed by atoms with van der Waals surface area (Å²) >= 11 is 0. The molecule has 0 saturated heterocycles. The summed E-state index contributed by atoms with van der Waals surface area (Å²) in [5.74, 6) is 0.314. The molecule has 1 saturated carbocycles. The Kier molecular flexibility index (Phi) is 5.55. The Balaban J connectivity index is 2.17. The third-order valence-corrected chi connectivity index (χ3v) is 5.16. The molecule has 0 unspecified atom stereocenters. The molecule has 0 atom stereocenters. The molecule has 0 amide bonds. The van der Waals surface area contributed by atoms with Crippen LogP contribution in [0.15, 0.2) is 23.1 Å². The van der Waals surface area contributed by atoms with E-state index in [4.69, 9.17) is 9.88 Å². The number of sulfonamides is 1. The molecular formula is C14H21N3O5S. The third-order valence-electron chi connectivity index (χ3n) is 4.20. The highest BCUT2D eigenvalue weighted by Gasteiger charge is 2.25. The molecule has 2 rings (SSSR count). The van der Waals surface area contributed by atoms with Gasteiger partial charge in [0.25, 0.3) is 5.69 Å². The van der Waals surface area contributed by atoms with E-state index >= 15 is 0 Å². The van der Waals surface area contributed by atoms with Gasteiger partial charge in [0.15, 0.2) is 0 Å². The summed E-state index contributed by atoms with van der Waals surface area (Å²) in [7, 11) is -2.35. The van der Waals surface area contributed by atoms with Crippen molar-refractivity contribution in [2.24, 2.45) is 11.1 Å². The number of hydrogen-bond donors (Lipinski definition) is 2. The summed E-state index contributed by atoms with van der Waals surface area (Å²) in [4.78, 5) is 10.3. The average molecular weight is 343 g/mol. The topological polar surface area (TPSA) is 125 Å². The van der Waals surface area contributed by atoms with Gasteiger partial charge in [-0.1, -0.05) is 6.07 Å². The lowest BCUT2D eigenvalue weighted by atomic mass is 9.87. The number of nitro benzene ring substituents is 1. The molecule has 23 heavy (non-hydrogen) atoms. The summed E-state index contributed by atoms with van der Waals surface area (Å²) in [6.45, 7) is 0.462.